The molecule has 0 aliphatic heterocycles. The van der Waals surface area contributed by atoms with Crippen LogP contribution >= 0.6 is 11.6 Å². The summed E-state index contributed by atoms with van der Waals surface area (Å²) in [6.45, 7) is 1.14. The second-order valence-electron chi connectivity index (χ2n) is 6.01. The molecular weight excluding hydrogens is 387 g/mol. The maximum absolute atomic E-state index is 13.7. The first-order valence-corrected chi connectivity index (χ1v) is 8.93. The van der Waals surface area contributed by atoms with Crippen molar-refractivity contribution in [1.29, 1.82) is 0 Å². The van der Waals surface area contributed by atoms with Gasteiger partial charge in [0, 0.05) is 17.8 Å². The summed E-state index contributed by atoms with van der Waals surface area (Å²) in [6, 6.07) is 10.9. The Morgan fingerprint density at radius 3 is 2.57 bits per heavy atom. The fraction of sp³-hybridized carbons (Fsp3) is 0.250. The van der Waals surface area contributed by atoms with Gasteiger partial charge >= 0.3 is 5.97 Å². The maximum Gasteiger partial charge on any atom is 0.341 e. The first-order chi connectivity index (χ1) is 13.3. The van der Waals surface area contributed by atoms with Crippen molar-refractivity contribution < 1.29 is 23.5 Å². The van der Waals surface area contributed by atoms with Gasteiger partial charge in [0.15, 0.2) is 6.61 Å². The van der Waals surface area contributed by atoms with Gasteiger partial charge in [-0.05, 0) is 36.2 Å². The first kappa shape index (κ1) is 21.4. The molecule has 8 heteroatoms. The Morgan fingerprint density at radius 1 is 1.18 bits per heavy atom. The van der Waals surface area contributed by atoms with Crippen LogP contribution in [0.2, 0.25) is 5.02 Å². The van der Waals surface area contributed by atoms with Crippen molar-refractivity contribution in [3.05, 3.63) is 64.4 Å². The summed E-state index contributed by atoms with van der Waals surface area (Å²) < 4.78 is 18.5. The minimum Gasteiger partial charge on any atom is -0.452 e. The summed E-state index contributed by atoms with van der Waals surface area (Å²) in [7, 11) is 1.41. The van der Waals surface area contributed by atoms with Crippen molar-refractivity contribution in [2.45, 2.75) is 13.3 Å². The zero-order valence-electron chi connectivity index (χ0n) is 15.5. The average molecular weight is 407 g/mol. The predicted molar refractivity (Wildman–Crippen MR) is 104 cm³/mol. The second-order valence-corrected chi connectivity index (χ2v) is 6.45. The number of likely N-dealkylation sites (N-methyl/N-ethyl adjacent to an activating group) is 1. The summed E-state index contributed by atoms with van der Waals surface area (Å²) in [6.07, 6.45) is 0.752. The van der Waals surface area contributed by atoms with Gasteiger partial charge in [-0.2, -0.15) is 0 Å². The van der Waals surface area contributed by atoms with Crippen LogP contribution in [-0.4, -0.2) is 42.9 Å². The van der Waals surface area contributed by atoms with E-state index in [2.05, 4.69) is 5.32 Å². The average Bonchev–Trinajstić information content (AvgIpc) is 2.66. The lowest BCUT2D eigenvalue weighted by Crippen LogP contribution is -2.37. The summed E-state index contributed by atoms with van der Waals surface area (Å²) in [5.74, 6) is -2.81. The van der Waals surface area contributed by atoms with Crippen molar-refractivity contribution >= 4 is 35.1 Å². The molecule has 0 atom stereocenters. The molecule has 0 aromatic heterocycles. The lowest BCUT2D eigenvalue weighted by molar-refractivity contribution is -0.136. The molecule has 0 aliphatic carbocycles. The zero-order valence-corrected chi connectivity index (χ0v) is 16.3. The highest BCUT2D eigenvalue weighted by Gasteiger charge is 2.18. The van der Waals surface area contributed by atoms with Gasteiger partial charge in [-0.15, -0.1) is 0 Å². The number of nitrogens with one attached hydrogen (secondary N) is 1. The van der Waals surface area contributed by atoms with Crippen LogP contribution in [0.25, 0.3) is 0 Å². The van der Waals surface area contributed by atoms with Crippen LogP contribution in [0.3, 0.4) is 0 Å². The SMILES string of the molecule is CCc1ccccc1NC(=O)CN(C)C(=O)COC(=O)c1ccc(Cl)cc1F. The number of para-hydroxylation sites is 1. The van der Waals surface area contributed by atoms with E-state index >= 15 is 0 Å². The van der Waals surface area contributed by atoms with E-state index in [9.17, 15) is 18.8 Å². The molecule has 0 radical (unpaired) electrons. The van der Waals surface area contributed by atoms with E-state index < -0.39 is 24.3 Å². The highest BCUT2D eigenvalue weighted by atomic mass is 35.5. The van der Waals surface area contributed by atoms with Crippen LogP contribution < -0.4 is 5.32 Å². The van der Waals surface area contributed by atoms with Gasteiger partial charge in [-0.25, -0.2) is 9.18 Å². The van der Waals surface area contributed by atoms with E-state index in [-0.39, 0.29) is 23.0 Å². The number of rotatable bonds is 7. The maximum atomic E-state index is 13.7. The normalized spacial score (nSPS) is 10.3. The van der Waals surface area contributed by atoms with E-state index in [4.69, 9.17) is 16.3 Å². The number of aryl methyl sites for hydroxylation is 1. The molecule has 0 bridgehead atoms. The number of benzene rings is 2. The highest BCUT2D eigenvalue weighted by Crippen LogP contribution is 2.16. The van der Waals surface area contributed by atoms with Crippen LogP contribution in [0.4, 0.5) is 10.1 Å². The number of hydrogen-bond donors (Lipinski definition) is 1. The van der Waals surface area contributed by atoms with Crippen LogP contribution in [0, 0.1) is 5.82 Å². The van der Waals surface area contributed by atoms with Gasteiger partial charge in [0.05, 0.1) is 12.1 Å². The summed E-state index contributed by atoms with van der Waals surface area (Å²) >= 11 is 5.63. The molecule has 0 heterocycles. The molecular formula is C20H20ClFN2O4. The van der Waals surface area contributed by atoms with Crippen LogP contribution in [0.15, 0.2) is 42.5 Å². The minimum atomic E-state index is -0.989. The smallest absolute Gasteiger partial charge is 0.341 e. The van der Waals surface area contributed by atoms with Crippen molar-refractivity contribution in [2.75, 3.05) is 25.5 Å². The minimum absolute atomic E-state index is 0.139. The predicted octanol–water partition coefficient (Wildman–Crippen LogP) is 3.30. The van der Waals surface area contributed by atoms with Crippen LogP contribution in [0.5, 0.6) is 0 Å². The fourth-order valence-electron chi connectivity index (χ4n) is 2.41. The molecule has 0 aliphatic rings. The summed E-state index contributed by atoms with van der Waals surface area (Å²) in [5.41, 5.74) is 1.33. The lowest BCUT2D eigenvalue weighted by Gasteiger charge is -2.17. The lowest BCUT2D eigenvalue weighted by atomic mass is 10.1. The van der Waals surface area contributed by atoms with E-state index in [1.165, 1.54) is 19.2 Å². The van der Waals surface area contributed by atoms with E-state index in [1.807, 2.05) is 19.1 Å². The third kappa shape index (κ3) is 5.79. The van der Waals surface area contributed by atoms with Crippen molar-refractivity contribution in [3.8, 4) is 0 Å². The number of carbonyl (C=O) groups is 3. The molecule has 2 rings (SSSR count). The third-order valence-electron chi connectivity index (χ3n) is 3.96. The molecule has 2 aromatic carbocycles. The summed E-state index contributed by atoms with van der Waals surface area (Å²) in [4.78, 5) is 37.2. The van der Waals surface area contributed by atoms with Crippen LogP contribution in [0.1, 0.15) is 22.8 Å². The molecule has 0 saturated carbocycles. The highest BCUT2D eigenvalue weighted by molar-refractivity contribution is 6.30. The number of carbonyl (C=O) groups excluding carboxylic acids is 3. The Morgan fingerprint density at radius 2 is 1.89 bits per heavy atom. The van der Waals surface area contributed by atoms with Gasteiger partial charge in [-0.1, -0.05) is 36.7 Å². The van der Waals surface area contributed by atoms with Crippen LogP contribution in [-0.2, 0) is 20.7 Å². The van der Waals surface area contributed by atoms with Crippen molar-refractivity contribution in [3.63, 3.8) is 0 Å². The third-order valence-corrected chi connectivity index (χ3v) is 4.19. The van der Waals surface area contributed by atoms with E-state index in [0.29, 0.717) is 5.69 Å². The monoisotopic (exact) mass is 406 g/mol. The number of halogens is 2. The largest absolute Gasteiger partial charge is 0.452 e. The number of ether oxygens (including phenoxy) is 1. The van der Waals surface area contributed by atoms with Gasteiger partial charge in [0.1, 0.15) is 5.82 Å². The Kier molecular flexibility index (Phi) is 7.52. The Balaban J connectivity index is 1.86. The standard InChI is InChI=1S/C20H20ClFN2O4/c1-3-13-6-4-5-7-17(13)23-18(25)11-24(2)19(26)12-28-20(27)15-9-8-14(21)10-16(15)22/h4-10H,3,11-12H2,1-2H3,(H,23,25). The molecule has 1 N–H and O–H groups in total. The number of anilines is 1. The molecule has 2 aromatic rings. The number of esters is 1. The zero-order chi connectivity index (χ0) is 20.7. The molecule has 6 nitrogen and oxygen atoms in total. The molecule has 28 heavy (non-hydrogen) atoms. The Hall–Kier alpha value is -2.93. The summed E-state index contributed by atoms with van der Waals surface area (Å²) in [5, 5.41) is 2.89. The molecule has 0 fully saturated rings. The van der Waals surface area contributed by atoms with Gasteiger partial charge < -0.3 is 15.0 Å². The second kappa shape index (κ2) is 9.85. The quantitative estimate of drug-likeness (QED) is 0.716. The molecule has 0 spiro atoms. The topological polar surface area (TPSA) is 75.7 Å². The molecule has 0 unspecified atom stereocenters. The van der Waals surface area contributed by atoms with Gasteiger partial charge in [0.25, 0.3) is 5.91 Å². The molecule has 0 saturated heterocycles. The van der Waals surface area contributed by atoms with Crippen molar-refractivity contribution in [1.82, 2.24) is 4.90 Å². The van der Waals surface area contributed by atoms with Crippen molar-refractivity contribution in [2.24, 2.45) is 0 Å². The Bertz CT molecular complexity index is 888. The van der Waals surface area contributed by atoms with Gasteiger partial charge in [-0.3, -0.25) is 9.59 Å². The van der Waals surface area contributed by atoms with E-state index in [1.54, 1.807) is 12.1 Å². The van der Waals surface area contributed by atoms with E-state index in [0.717, 1.165) is 23.0 Å². The number of nitrogens with zero attached hydrogens (tertiary/aromatic N) is 1. The number of hydrogen-bond acceptors (Lipinski definition) is 4. The fourth-order valence-corrected chi connectivity index (χ4v) is 2.57. The first-order valence-electron chi connectivity index (χ1n) is 8.55. The van der Waals surface area contributed by atoms with Gasteiger partial charge in [0.2, 0.25) is 5.91 Å². The number of amides is 2. The Labute approximate surface area is 167 Å². The molecule has 148 valence electrons. The molecule has 2 amide bonds.